The lowest BCUT2D eigenvalue weighted by molar-refractivity contribution is 0.0766. The molecule has 0 saturated heterocycles. The maximum Gasteiger partial charge on any atom is 0.270 e. The Morgan fingerprint density at radius 2 is 1.84 bits per heavy atom. The molecule has 0 fully saturated rings. The normalized spacial score (nSPS) is 15.0. The number of aromatic nitrogens is 1. The molecule has 0 spiro atoms. The van der Waals surface area contributed by atoms with Gasteiger partial charge in [-0.05, 0) is 38.5 Å². The molecule has 0 aliphatic carbocycles. The zero-order valence-electron chi connectivity index (χ0n) is 14.8. The fraction of sp³-hybridized carbons (Fsp3) is 0.389. The Kier molecular flexibility index (Phi) is 4.60. The lowest BCUT2D eigenvalue weighted by atomic mass is 10.2. The van der Waals surface area contributed by atoms with Gasteiger partial charge in [-0.25, -0.2) is 8.42 Å². The number of rotatable bonds is 4. The second-order valence-electron chi connectivity index (χ2n) is 6.30. The van der Waals surface area contributed by atoms with E-state index in [-0.39, 0.29) is 10.8 Å². The van der Waals surface area contributed by atoms with Crippen LogP contribution in [0, 0.1) is 6.92 Å². The smallest absolute Gasteiger partial charge is 0.270 e. The van der Waals surface area contributed by atoms with Crippen LogP contribution < -0.4 is 4.31 Å². The van der Waals surface area contributed by atoms with Gasteiger partial charge in [0.2, 0.25) is 0 Å². The van der Waals surface area contributed by atoms with E-state index in [2.05, 4.69) is 0 Å². The Balaban J connectivity index is 1.98. The maximum atomic E-state index is 13.0. The largest absolute Gasteiger partial charge is 0.342 e. The molecule has 1 amide bonds. The molecule has 2 heterocycles. The van der Waals surface area contributed by atoms with Crippen LogP contribution in [0.3, 0.4) is 0 Å². The van der Waals surface area contributed by atoms with Crippen molar-refractivity contribution in [3.63, 3.8) is 0 Å². The standard InChI is InChI=1S/C18H23N3O3S/c1-4-20-10-5-11-21-13-16(12-17(21)18(20)22)25(23,24)19(3)15-8-6-14(2)7-9-15/h6-9,12-13H,4-5,10-11H2,1-3H3. The second-order valence-corrected chi connectivity index (χ2v) is 8.27. The molecule has 2 aromatic rings. The molecule has 1 aromatic carbocycles. The van der Waals surface area contributed by atoms with Crippen molar-refractivity contribution in [1.82, 2.24) is 9.47 Å². The second kappa shape index (κ2) is 6.55. The Morgan fingerprint density at radius 1 is 1.16 bits per heavy atom. The Labute approximate surface area is 148 Å². The number of hydrogen-bond donors (Lipinski definition) is 0. The van der Waals surface area contributed by atoms with E-state index in [9.17, 15) is 13.2 Å². The maximum absolute atomic E-state index is 13.0. The molecule has 0 radical (unpaired) electrons. The predicted molar refractivity (Wildman–Crippen MR) is 97.4 cm³/mol. The molecule has 0 unspecified atom stereocenters. The summed E-state index contributed by atoms with van der Waals surface area (Å²) >= 11 is 0. The molecule has 7 heteroatoms. The van der Waals surface area contributed by atoms with Crippen LogP contribution in [0.25, 0.3) is 0 Å². The van der Waals surface area contributed by atoms with Crippen molar-refractivity contribution in [2.45, 2.75) is 31.7 Å². The minimum atomic E-state index is -3.72. The van der Waals surface area contributed by atoms with E-state index in [4.69, 9.17) is 0 Å². The topological polar surface area (TPSA) is 62.6 Å². The third-order valence-corrected chi connectivity index (χ3v) is 6.39. The minimum Gasteiger partial charge on any atom is -0.342 e. The average molecular weight is 361 g/mol. The molecule has 25 heavy (non-hydrogen) atoms. The molecular weight excluding hydrogens is 338 g/mol. The number of hydrogen-bond acceptors (Lipinski definition) is 3. The van der Waals surface area contributed by atoms with Crippen molar-refractivity contribution in [2.24, 2.45) is 0 Å². The molecular formula is C18H23N3O3S. The summed E-state index contributed by atoms with van der Waals surface area (Å²) < 4.78 is 28.9. The quantitative estimate of drug-likeness (QED) is 0.840. The van der Waals surface area contributed by atoms with Gasteiger partial charge in [0.05, 0.1) is 5.69 Å². The van der Waals surface area contributed by atoms with E-state index in [0.29, 0.717) is 31.0 Å². The monoisotopic (exact) mass is 361 g/mol. The third kappa shape index (κ3) is 3.16. The Bertz CT molecular complexity index is 885. The summed E-state index contributed by atoms with van der Waals surface area (Å²) in [5, 5.41) is 0. The van der Waals surface area contributed by atoms with Gasteiger partial charge < -0.3 is 9.47 Å². The first kappa shape index (κ1) is 17.5. The highest BCUT2D eigenvalue weighted by Gasteiger charge is 2.28. The fourth-order valence-corrected chi connectivity index (χ4v) is 4.27. The van der Waals surface area contributed by atoms with Gasteiger partial charge >= 0.3 is 0 Å². The number of aryl methyl sites for hydroxylation is 2. The molecule has 1 aliphatic rings. The van der Waals surface area contributed by atoms with Crippen LogP contribution in [-0.2, 0) is 16.6 Å². The highest BCUT2D eigenvalue weighted by Crippen LogP contribution is 2.25. The summed E-state index contributed by atoms with van der Waals surface area (Å²) in [6.07, 6.45) is 2.39. The Morgan fingerprint density at radius 3 is 2.48 bits per heavy atom. The van der Waals surface area contributed by atoms with Crippen LogP contribution in [0.4, 0.5) is 5.69 Å². The molecule has 6 nitrogen and oxygen atoms in total. The zero-order chi connectivity index (χ0) is 18.2. The van der Waals surface area contributed by atoms with Crippen molar-refractivity contribution in [3.05, 3.63) is 47.8 Å². The van der Waals surface area contributed by atoms with Crippen LogP contribution in [0.2, 0.25) is 0 Å². The first-order valence-electron chi connectivity index (χ1n) is 8.39. The number of carbonyl (C=O) groups is 1. The number of benzene rings is 1. The van der Waals surface area contributed by atoms with Gasteiger partial charge in [-0.1, -0.05) is 17.7 Å². The van der Waals surface area contributed by atoms with E-state index in [0.717, 1.165) is 12.0 Å². The van der Waals surface area contributed by atoms with Crippen molar-refractivity contribution < 1.29 is 13.2 Å². The first-order valence-corrected chi connectivity index (χ1v) is 9.83. The van der Waals surface area contributed by atoms with Gasteiger partial charge in [-0.15, -0.1) is 0 Å². The number of amides is 1. The molecule has 1 aliphatic heterocycles. The predicted octanol–water partition coefficient (Wildman–Crippen LogP) is 2.49. The number of nitrogens with zero attached hydrogens (tertiary/aromatic N) is 3. The average Bonchev–Trinajstić information content (AvgIpc) is 2.97. The highest BCUT2D eigenvalue weighted by molar-refractivity contribution is 7.92. The zero-order valence-corrected chi connectivity index (χ0v) is 15.6. The van der Waals surface area contributed by atoms with Crippen LogP contribution in [0.1, 0.15) is 29.4 Å². The SMILES string of the molecule is CCN1CCCn2cc(S(=O)(=O)N(C)c3ccc(C)cc3)cc2C1=O. The molecule has 3 rings (SSSR count). The van der Waals surface area contributed by atoms with Gasteiger partial charge in [0.15, 0.2) is 0 Å². The first-order chi connectivity index (χ1) is 11.8. The summed E-state index contributed by atoms with van der Waals surface area (Å²) in [6.45, 7) is 5.84. The van der Waals surface area contributed by atoms with Crippen molar-refractivity contribution in [2.75, 3.05) is 24.4 Å². The van der Waals surface area contributed by atoms with Gasteiger partial charge in [0, 0.05) is 32.9 Å². The van der Waals surface area contributed by atoms with Gasteiger partial charge in [-0.3, -0.25) is 9.10 Å². The summed E-state index contributed by atoms with van der Waals surface area (Å²) in [6, 6.07) is 8.80. The van der Waals surface area contributed by atoms with Gasteiger partial charge in [0.25, 0.3) is 15.9 Å². The Hall–Kier alpha value is -2.28. The van der Waals surface area contributed by atoms with E-state index < -0.39 is 10.0 Å². The van der Waals surface area contributed by atoms with Crippen LogP contribution in [-0.4, -0.2) is 43.9 Å². The van der Waals surface area contributed by atoms with E-state index in [1.807, 2.05) is 26.0 Å². The summed E-state index contributed by atoms with van der Waals surface area (Å²) in [5.74, 6) is -0.112. The van der Waals surface area contributed by atoms with E-state index in [1.54, 1.807) is 27.8 Å². The molecule has 0 N–H and O–H groups in total. The molecule has 0 atom stereocenters. The lowest BCUT2D eigenvalue weighted by Crippen LogP contribution is -2.30. The summed E-state index contributed by atoms with van der Waals surface area (Å²) in [5.41, 5.74) is 2.10. The van der Waals surface area contributed by atoms with E-state index in [1.165, 1.54) is 17.4 Å². The third-order valence-electron chi connectivity index (χ3n) is 4.64. The summed E-state index contributed by atoms with van der Waals surface area (Å²) in [7, 11) is -2.19. The highest BCUT2D eigenvalue weighted by atomic mass is 32.2. The number of carbonyl (C=O) groups excluding carboxylic acids is 1. The van der Waals surface area contributed by atoms with Gasteiger partial charge in [-0.2, -0.15) is 0 Å². The summed E-state index contributed by atoms with van der Waals surface area (Å²) in [4.78, 5) is 14.5. The van der Waals surface area contributed by atoms with Crippen LogP contribution in [0.5, 0.6) is 0 Å². The minimum absolute atomic E-state index is 0.112. The fourth-order valence-electron chi connectivity index (χ4n) is 3.04. The molecule has 1 aromatic heterocycles. The molecule has 134 valence electrons. The van der Waals surface area contributed by atoms with Gasteiger partial charge in [0.1, 0.15) is 10.6 Å². The number of sulfonamides is 1. The van der Waals surface area contributed by atoms with E-state index >= 15 is 0 Å². The molecule has 0 saturated carbocycles. The lowest BCUT2D eigenvalue weighted by Gasteiger charge is -2.19. The van der Waals surface area contributed by atoms with Crippen LogP contribution in [0.15, 0.2) is 41.4 Å². The molecule has 0 bridgehead atoms. The number of anilines is 1. The van der Waals surface area contributed by atoms with Crippen molar-refractivity contribution in [1.29, 1.82) is 0 Å². The van der Waals surface area contributed by atoms with Crippen molar-refractivity contribution in [3.8, 4) is 0 Å². The van der Waals surface area contributed by atoms with Crippen molar-refractivity contribution >= 4 is 21.6 Å². The number of fused-ring (bicyclic) bond motifs is 1. The van der Waals surface area contributed by atoms with Crippen LogP contribution >= 0.6 is 0 Å².